The predicted octanol–water partition coefficient (Wildman–Crippen LogP) is 6.77. The molecule has 2 N–H and O–H groups in total. The number of carbonyl (C=O) groups is 2. The Hall–Kier alpha value is -4.17. The molecule has 0 saturated heterocycles. The standard InChI is InChI=1S/C29H29ClFN5O2/c1-19(2)17-35(29(38)32-23-12-9-20(3)25(30)15-23)18-28(37)33-27-16-26(21-7-5-4-6-8-21)34-36(27)24-13-10-22(31)11-14-24/h4-16,19H,17-18H2,1-3H3,(H,32,38)(H,33,37). The van der Waals surface area contributed by atoms with Crippen LogP contribution in [0.15, 0.2) is 78.9 Å². The van der Waals surface area contributed by atoms with E-state index in [9.17, 15) is 14.0 Å². The highest BCUT2D eigenvalue weighted by molar-refractivity contribution is 6.31. The number of anilines is 2. The van der Waals surface area contributed by atoms with E-state index < -0.39 is 11.9 Å². The van der Waals surface area contributed by atoms with Gasteiger partial charge in [0.25, 0.3) is 0 Å². The summed E-state index contributed by atoms with van der Waals surface area (Å²) in [5.74, 6) is -0.245. The van der Waals surface area contributed by atoms with Gasteiger partial charge in [0.1, 0.15) is 18.2 Å². The second-order valence-corrected chi connectivity index (χ2v) is 9.79. The maximum Gasteiger partial charge on any atom is 0.322 e. The molecular weight excluding hydrogens is 505 g/mol. The molecule has 3 amide bonds. The molecule has 0 saturated carbocycles. The molecule has 7 nitrogen and oxygen atoms in total. The van der Waals surface area contributed by atoms with Gasteiger partial charge in [-0.15, -0.1) is 0 Å². The van der Waals surface area contributed by atoms with Gasteiger partial charge < -0.3 is 15.5 Å². The highest BCUT2D eigenvalue weighted by Crippen LogP contribution is 2.25. The van der Waals surface area contributed by atoms with E-state index in [1.807, 2.05) is 57.2 Å². The van der Waals surface area contributed by atoms with E-state index in [0.717, 1.165) is 11.1 Å². The van der Waals surface area contributed by atoms with E-state index in [-0.39, 0.29) is 18.3 Å². The topological polar surface area (TPSA) is 79.3 Å². The third-order valence-corrected chi connectivity index (χ3v) is 6.16. The van der Waals surface area contributed by atoms with Gasteiger partial charge in [-0.05, 0) is 54.8 Å². The van der Waals surface area contributed by atoms with Gasteiger partial charge in [-0.2, -0.15) is 5.10 Å². The van der Waals surface area contributed by atoms with Gasteiger partial charge in [0.15, 0.2) is 0 Å². The minimum Gasteiger partial charge on any atom is -0.315 e. The van der Waals surface area contributed by atoms with Crippen LogP contribution in [-0.2, 0) is 4.79 Å². The summed E-state index contributed by atoms with van der Waals surface area (Å²) in [6.07, 6.45) is 0. The second kappa shape index (κ2) is 11.9. The predicted molar refractivity (Wildman–Crippen MR) is 149 cm³/mol. The number of hydrogen-bond acceptors (Lipinski definition) is 3. The van der Waals surface area contributed by atoms with E-state index in [2.05, 4.69) is 15.7 Å². The molecule has 0 bridgehead atoms. The summed E-state index contributed by atoms with van der Waals surface area (Å²) in [6.45, 7) is 6.00. The average Bonchev–Trinajstić information content (AvgIpc) is 3.30. The highest BCUT2D eigenvalue weighted by Gasteiger charge is 2.21. The monoisotopic (exact) mass is 533 g/mol. The quantitative estimate of drug-likeness (QED) is 0.262. The highest BCUT2D eigenvalue weighted by atomic mass is 35.5. The van der Waals surface area contributed by atoms with Crippen LogP contribution in [0.1, 0.15) is 19.4 Å². The Morgan fingerprint density at radius 2 is 1.71 bits per heavy atom. The molecule has 3 aromatic carbocycles. The molecule has 1 heterocycles. The van der Waals surface area contributed by atoms with Crippen LogP contribution in [0.25, 0.3) is 16.9 Å². The summed E-state index contributed by atoms with van der Waals surface area (Å²) in [6, 6.07) is 21.9. The molecule has 0 unspecified atom stereocenters. The summed E-state index contributed by atoms with van der Waals surface area (Å²) in [5, 5.41) is 10.9. The molecule has 0 fully saturated rings. The Morgan fingerprint density at radius 3 is 2.37 bits per heavy atom. The van der Waals surface area contributed by atoms with E-state index in [0.29, 0.717) is 34.5 Å². The number of carbonyl (C=O) groups excluding carboxylic acids is 2. The van der Waals surface area contributed by atoms with Crippen LogP contribution >= 0.6 is 11.6 Å². The van der Waals surface area contributed by atoms with Gasteiger partial charge in [0, 0.05) is 28.9 Å². The lowest BCUT2D eigenvalue weighted by Crippen LogP contribution is -2.42. The number of hydrogen-bond donors (Lipinski definition) is 2. The maximum absolute atomic E-state index is 13.6. The summed E-state index contributed by atoms with van der Waals surface area (Å²) in [5.41, 5.74) is 3.52. The molecule has 0 aliphatic carbocycles. The fraction of sp³-hybridized carbons (Fsp3) is 0.207. The zero-order valence-corrected chi connectivity index (χ0v) is 22.2. The van der Waals surface area contributed by atoms with Crippen molar-refractivity contribution in [1.29, 1.82) is 0 Å². The van der Waals surface area contributed by atoms with Gasteiger partial charge in [-0.3, -0.25) is 4.79 Å². The summed E-state index contributed by atoms with van der Waals surface area (Å²) in [7, 11) is 0. The van der Waals surface area contributed by atoms with Crippen LogP contribution < -0.4 is 10.6 Å². The van der Waals surface area contributed by atoms with E-state index >= 15 is 0 Å². The van der Waals surface area contributed by atoms with Crippen molar-refractivity contribution >= 4 is 35.0 Å². The lowest BCUT2D eigenvalue weighted by molar-refractivity contribution is -0.116. The molecule has 196 valence electrons. The molecular formula is C29H29ClFN5O2. The van der Waals surface area contributed by atoms with E-state index in [4.69, 9.17) is 11.6 Å². The van der Waals surface area contributed by atoms with Crippen LogP contribution in [0.4, 0.5) is 20.7 Å². The van der Waals surface area contributed by atoms with Crippen molar-refractivity contribution in [1.82, 2.24) is 14.7 Å². The number of urea groups is 1. The van der Waals surface area contributed by atoms with Gasteiger partial charge in [0.2, 0.25) is 5.91 Å². The van der Waals surface area contributed by atoms with Crippen molar-refractivity contribution in [3.8, 4) is 16.9 Å². The number of rotatable bonds is 8. The Balaban J connectivity index is 1.56. The number of nitrogens with one attached hydrogen (secondary N) is 2. The molecule has 9 heteroatoms. The molecule has 4 rings (SSSR count). The Morgan fingerprint density at radius 1 is 1.00 bits per heavy atom. The molecule has 0 atom stereocenters. The SMILES string of the molecule is Cc1ccc(NC(=O)N(CC(=O)Nc2cc(-c3ccccc3)nn2-c2ccc(F)cc2)CC(C)C)cc1Cl. The second-order valence-electron chi connectivity index (χ2n) is 9.39. The van der Waals surface area contributed by atoms with Gasteiger partial charge in [-0.25, -0.2) is 13.9 Å². The molecule has 0 aliphatic rings. The first kappa shape index (κ1) is 26.9. The fourth-order valence-corrected chi connectivity index (χ4v) is 4.07. The number of halogens is 2. The van der Waals surface area contributed by atoms with Crippen molar-refractivity contribution in [3.05, 3.63) is 95.3 Å². The Labute approximate surface area is 226 Å². The third kappa shape index (κ3) is 6.77. The lowest BCUT2D eigenvalue weighted by atomic mass is 10.1. The van der Waals surface area contributed by atoms with Gasteiger partial charge in [-0.1, -0.05) is 61.8 Å². The molecule has 0 aliphatic heterocycles. The molecule has 0 spiro atoms. The third-order valence-electron chi connectivity index (χ3n) is 5.75. The van der Waals surface area contributed by atoms with Crippen LogP contribution in [0.5, 0.6) is 0 Å². The first-order valence-corrected chi connectivity index (χ1v) is 12.6. The number of aromatic nitrogens is 2. The number of aryl methyl sites for hydroxylation is 1. The van der Waals surface area contributed by atoms with Crippen LogP contribution in [0.2, 0.25) is 5.02 Å². The van der Waals surface area contributed by atoms with Gasteiger partial charge >= 0.3 is 6.03 Å². The van der Waals surface area contributed by atoms with E-state index in [1.54, 1.807) is 35.0 Å². The zero-order valence-electron chi connectivity index (χ0n) is 21.4. The fourth-order valence-electron chi connectivity index (χ4n) is 3.89. The molecule has 1 aromatic heterocycles. The maximum atomic E-state index is 13.6. The zero-order chi connectivity index (χ0) is 27.2. The number of amides is 3. The van der Waals surface area contributed by atoms with Crippen molar-refractivity contribution in [2.45, 2.75) is 20.8 Å². The molecule has 0 radical (unpaired) electrons. The molecule has 4 aromatic rings. The van der Waals surface area contributed by atoms with Crippen molar-refractivity contribution < 1.29 is 14.0 Å². The van der Waals surface area contributed by atoms with Crippen molar-refractivity contribution in [2.75, 3.05) is 23.7 Å². The summed E-state index contributed by atoms with van der Waals surface area (Å²) in [4.78, 5) is 27.7. The van der Waals surface area contributed by atoms with Crippen LogP contribution in [0, 0.1) is 18.7 Å². The first-order chi connectivity index (χ1) is 18.2. The Bertz CT molecular complexity index is 1420. The average molecular weight is 534 g/mol. The largest absolute Gasteiger partial charge is 0.322 e. The summed E-state index contributed by atoms with van der Waals surface area (Å²) >= 11 is 6.20. The number of benzene rings is 3. The normalized spacial score (nSPS) is 10.9. The molecule has 38 heavy (non-hydrogen) atoms. The minimum absolute atomic E-state index is 0.129. The minimum atomic E-state index is -0.411. The smallest absolute Gasteiger partial charge is 0.315 e. The van der Waals surface area contributed by atoms with Crippen LogP contribution in [-0.4, -0.2) is 39.7 Å². The lowest BCUT2D eigenvalue weighted by Gasteiger charge is -2.24. The van der Waals surface area contributed by atoms with Crippen LogP contribution in [0.3, 0.4) is 0 Å². The first-order valence-electron chi connectivity index (χ1n) is 12.2. The van der Waals surface area contributed by atoms with Crippen molar-refractivity contribution in [2.24, 2.45) is 5.92 Å². The number of nitrogens with zero attached hydrogens (tertiary/aromatic N) is 3. The van der Waals surface area contributed by atoms with Gasteiger partial charge in [0.05, 0.1) is 11.4 Å². The van der Waals surface area contributed by atoms with E-state index in [1.165, 1.54) is 17.0 Å². The summed E-state index contributed by atoms with van der Waals surface area (Å²) < 4.78 is 15.1. The Kier molecular flexibility index (Phi) is 8.43. The van der Waals surface area contributed by atoms with Crippen molar-refractivity contribution in [3.63, 3.8) is 0 Å².